The first kappa shape index (κ1) is 17.2. The van der Waals surface area contributed by atoms with Gasteiger partial charge in [-0.15, -0.1) is 0 Å². The van der Waals surface area contributed by atoms with E-state index < -0.39 is 0 Å². The largest absolute Gasteiger partial charge is 0.376 e. The Labute approximate surface area is 131 Å². The number of nitrogens with zero attached hydrogens (tertiary/aromatic N) is 1. The summed E-state index contributed by atoms with van der Waals surface area (Å²) in [5, 5.41) is 3.73. The second-order valence-electron chi connectivity index (χ2n) is 8.16. The van der Waals surface area contributed by atoms with Crippen LogP contribution in [0.3, 0.4) is 0 Å². The van der Waals surface area contributed by atoms with Crippen molar-refractivity contribution >= 4 is 0 Å². The van der Waals surface area contributed by atoms with E-state index in [-0.39, 0.29) is 0 Å². The third-order valence-corrected chi connectivity index (χ3v) is 5.35. The number of hydrogen-bond donors (Lipinski definition) is 1. The standard InChI is InChI=1S/C18H36N2O/c1-14(2)19-12-18(8-6-7-15(3)9-18)13-20-10-17(5)21-11-16(20)4/h14-17,19H,6-13H2,1-5H3. The molecule has 1 aliphatic carbocycles. The van der Waals surface area contributed by atoms with Crippen molar-refractivity contribution < 1.29 is 4.74 Å². The zero-order valence-electron chi connectivity index (χ0n) is 14.8. The minimum Gasteiger partial charge on any atom is -0.376 e. The maximum atomic E-state index is 5.80. The highest BCUT2D eigenvalue weighted by Gasteiger charge is 2.38. The monoisotopic (exact) mass is 296 g/mol. The maximum absolute atomic E-state index is 5.80. The fraction of sp³-hybridized carbons (Fsp3) is 1.00. The van der Waals surface area contributed by atoms with Crippen molar-refractivity contribution in [2.75, 3.05) is 26.2 Å². The molecule has 1 saturated heterocycles. The van der Waals surface area contributed by atoms with Gasteiger partial charge < -0.3 is 10.1 Å². The van der Waals surface area contributed by atoms with Crippen molar-refractivity contribution in [1.82, 2.24) is 10.2 Å². The molecule has 0 aromatic carbocycles. The summed E-state index contributed by atoms with van der Waals surface area (Å²) in [6.45, 7) is 15.9. The lowest BCUT2D eigenvalue weighted by molar-refractivity contribution is -0.0691. The van der Waals surface area contributed by atoms with Crippen molar-refractivity contribution in [2.45, 2.75) is 78.5 Å². The van der Waals surface area contributed by atoms with Gasteiger partial charge in [0.15, 0.2) is 0 Å². The molecular weight excluding hydrogens is 260 g/mol. The van der Waals surface area contributed by atoms with Gasteiger partial charge in [0, 0.05) is 31.7 Å². The van der Waals surface area contributed by atoms with Crippen LogP contribution in [0.15, 0.2) is 0 Å². The molecule has 0 bridgehead atoms. The Morgan fingerprint density at radius 1 is 1.29 bits per heavy atom. The first-order chi connectivity index (χ1) is 9.90. The van der Waals surface area contributed by atoms with Gasteiger partial charge in [-0.3, -0.25) is 4.90 Å². The van der Waals surface area contributed by atoms with Crippen molar-refractivity contribution in [1.29, 1.82) is 0 Å². The molecule has 0 amide bonds. The Morgan fingerprint density at radius 2 is 2.05 bits per heavy atom. The Bertz CT molecular complexity index is 320. The minimum absolute atomic E-state index is 0.386. The van der Waals surface area contributed by atoms with Crippen LogP contribution in [0.1, 0.15) is 60.3 Å². The zero-order chi connectivity index (χ0) is 15.5. The molecule has 0 aromatic heterocycles. The SMILES string of the molecule is CC1CCCC(CNC(C)C)(CN2CC(C)OCC2C)C1. The Hall–Kier alpha value is -0.120. The molecule has 4 unspecified atom stereocenters. The number of ether oxygens (including phenoxy) is 1. The second-order valence-corrected chi connectivity index (χ2v) is 8.16. The van der Waals surface area contributed by atoms with Crippen LogP contribution in [0.5, 0.6) is 0 Å². The molecular formula is C18H36N2O. The Morgan fingerprint density at radius 3 is 2.71 bits per heavy atom. The minimum atomic E-state index is 0.386. The van der Waals surface area contributed by atoms with Gasteiger partial charge in [0.05, 0.1) is 12.7 Å². The molecule has 21 heavy (non-hydrogen) atoms. The van der Waals surface area contributed by atoms with E-state index in [1.165, 1.54) is 38.8 Å². The summed E-state index contributed by atoms with van der Waals surface area (Å²) in [5.74, 6) is 0.876. The summed E-state index contributed by atoms with van der Waals surface area (Å²) < 4.78 is 5.80. The van der Waals surface area contributed by atoms with Crippen LogP contribution in [-0.4, -0.2) is 49.3 Å². The summed E-state index contributed by atoms with van der Waals surface area (Å²) >= 11 is 0. The highest BCUT2D eigenvalue weighted by molar-refractivity contribution is 4.92. The summed E-state index contributed by atoms with van der Waals surface area (Å²) in [7, 11) is 0. The van der Waals surface area contributed by atoms with Crippen molar-refractivity contribution in [3.05, 3.63) is 0 Å². The average molecular weight is 296 g/mol. The fourth-order valence-electron chi connectivity index (χ4n) is 4.17. The molecule has 2 rings (SSSR count). The molecule has 0 spiro atoms. The Balaban J connectivity index is 2.03. The van der Waals surface area contributed by atoms with E-state index in [0.717, 1.165) is 19.1 Å². The van der Waals surface area contributed by atoms with Gasteiger partial charge in [0.2, 0.25) is 0 Å². The second kappa shape index (κ2) is 7.43. The summed E-state index contributed by atoms with van der Waals surface area (Å²) in [6.07, 6.45) is 5.96. The summed E-state index contributed by atoms with van der Waals surface area (Å²) in [4.78, 5) is 2.69. The number of nitrogens with one attached hydrogen (secondary N) is 1. The predicted octanol–water partition coefficient (Wildman–Crippen LogP) is 3.29. The van der Waals surface area contributed by atoms with Crippen molar-refractivity contribution in [3.8, 4) is 0 Å². The quantitative estimate of drug-likeness (QED) is 0.842. The third kappa shape index (κ3) is 4.94. The van der Waals surface area contributed by atoms with Gasteiger partial charge in [-0.05, 0) is 38.0 Å². The lowest BCUT2D eigenvalue weighted by atomic mass is 9.69. The van der Waals surface area contributed by atoms with Crippen LogP contribution in [0.2, 0.25) is 0 Å². The number of rotatable bonds is 5. The van der Waals surface area contributed by atoms with Gasteiger partial charge in [-0.1, -0.05) is 33.6 Å². The van der Waals surface area contributed by atoms with E-state index in [4.69, 9.17) is 4.74 Å². The lowest BCUT2D eigenvalue weighted by Gasteiger charge is -2.47. The van der Waals surface area contributed by atoms with Gasteiger partial charge in [-0.25, -0.2) is 0 Å². The van der Waals surface area contributed by atoms with Crippen LogP contribution in [0.25, 0.3) is 0 Å². The third-order valence-electron chi connectivity index (χ3n) is 5.35. The maximum Gasteiger partial charge on any atom is 0.0674 e. The summed E-state index contributed by atoms with van der Waals surface area (Å²) in [5.41, 5.74) is 0.466. The lowest BCUT2D eigenvalue weighted by Crippen LogP contribution is -2.54. The van der Waals surface area contributed by atoms with Crippen LogP contribution >= 0.6 is 0 Å². The van der Waals surface area contributed by atoms with Gasteiger partial charge >= 0.3 is 0 Å². The van der Waals surface area contributed by atoms with Crippen LogP contribution in [-0.2, 0) is 4.74 Å². The molecule has 4 atom stereocenters. The molecule has 1 aliphatic heterocycles. The van der Waals surface area contributed by atoms with Crippen LogP contribution < -0.4 is 5.32 Å². The van der Waals surface area contributed by atoms with E-state index in [0.29, 0.717) is 23.6 Å². The normalized spacial score (nSPS) is 38.9. The molecule has 1 heterocycles. The molecule has 3 heteroatoms. The van der Waals surface area contributed by atoms with Crippen molar-refractivity contribution in [2.24, 2.45) is 11.3 Å². The first-order valence-electron chi connectivity index (χ1n) is 8.99. The molecule has 2 aliphatic rings. The van der Waals surface area contributed by atoms with E-state index in [1.807, 2.05) is 0 Å². The zero-order valence-corrected chi connectivity index (χ0v) is 14.8. The topological polar surface area (TPSA) is 24.5 Å². The number of hydrogen-bond acceptors (Lipinski definition) is 3. The molecule has 124 valence electrons. The van der Waals surface area contributed by atoms with E-state index in [2.05, 4.69) is 44.8 Å². The highest BCUT2D eigenvalue weighted by atomic mass is 16.5. The molecule has 2 fully saturated rings. The highest BCUT2D eigenvalue weighted by Crippen LogP contribution is 2.40. The van der Waals surface area contributed by atoms with Crippen molar-refractivity contribution in [3.63, 3.8) is 0 Å². The Kier molecular flexibility index (Phi) is 6.10. The van der Waals surface area contributed by atoms with E-state index in [1.54, 1.807) is 0 Å². The summed E-state index contributed by atoms with van der Waals surface area (Å²) in [6, 6.07) is 1.15. The predicted molar refractivity (Wildman–Crippen MR) is 89.7 cm³/mol. The molecule has 1 N–H and O–H groups in total. The van der Waals surface area contributed by atoms with E-state index >= 15 is 0 Å². The fourth-order valence-corrected chi connectivity index (χ4v) is 4.17. The molecule has 0 radical (unpaired) electrons. The molecule has 1 saturated carbocycles. The molecule has 0 aromatic rings. The van der Waals surface area contributed by atoms with Crippen LogP contribution in [0.4, 0.5) is 0 Å². The van der Waals surface area contributed by atoms with Gasteiger partial charge in [-0.2, -0.15) is 0 Å². The van der Waals surface area contributed by atoms with Gasteiger partial charge in [0.1, 0.15) is 0 Å². The van der Waals surface area contributed by atoms with Crippen LogP contribution in [0, 0.1) is 11.3 Å². The smallest absolute Gasteiger partial charge is 0.0674 e. The van der Waals surface area contributed by atoms with Gasteiger partial charge in [0.25, 0.3) is 0 Å². The number of morpholine rings is 1. The first-order valence-corrected chi connectivity index (χ1v) is 8.99. The molecule has 3 nitrogen and oxygen atoms in total. The van der Waals surface area contributed by atoms with E-state index in [9.17, 15) is 0 Å². The average Bonchev–Trinajstić information content (AvgIpc) is 2.41.